The fourth-order valence-corrected chi connectivity index (χ4v) is 3.93. The Hall–Kier alpha value is -1.66. The highest BCUT2D eigenvalue weighted by Crippen LogP contribution is 2.30. The van der Waals surface area contributed by atoms with Crippen molar-refractivity contribution in [3.8, 4) is 5.88 Å². The molecule has 1 aromatic rings. The van der Waals surface area contributed by atoms with Crippen molar-refractivity contribution in [2.75, 3.05) is 26.8 Å². The lowest BCUT2D eigenvalue weighted by Gasteiger charge is -2.36. The minimum atomic E-state index is 0.0314. The largest absolute Gasteiger partial charge is 0.481 e. The van der Waals surface area contributed by atoms with Gasteiger partial charge < -0.3 is 19.7 Å². The Bertz CT molecular complexity index is 619. The van der Waals surface area contributed by atoms with Gasteiger partial charge in [0.1, 0.15) is 0 Å². The summed E-state index contributed by atoms with van der Waals surface area (Å²) in [5, 5.41) is 3.78. The third-order valence-electron chi connectivity index (χ3n) is 5.37. The second-order valence-corrected chi connectivity index (χ2v) is 8.88. The van der Waals surface area contributed by atoms with E-state index in [1.165, 1.54) is 0 Å². The second kappa shape index (κ2) is 8.57. The van der Waals surface area contributed by atoms with E-state index in [1.807, 2.05) is 23.2 Å². The number of pyridine rings is 1. The topological polar surface area (TPSA) is 63.7 Å². The number of carbonyl (C=O) groups is 1. The lowest BCUT2D eigenvalue weighted by molar-refractivity contribution is -0.134. The number of hydrogen-bond donors (Lipinski definition) is 1. The van der Waals surface area contributed by atoms with Crippen molar-refractivity contribution >= 4 is 5.91 Å². The zero-order valence-corrected chi connectivity index (χ0v) is 17.0. The molecule has 150 valence electrons. The van der Waals surface area contributed by atoms with Crippen LogP contribution in [0, 0.1) is 5.41 Å². The van der Waals surface area contributed by atoms with Gasteiger partial charge in [0, 0.05) is 56.0 Å². The molecule has 3 heterocycles. The maximum atomic E-state index is 12.4. The number of hydrogen-bond acceptors (Lipinski definition) is 5. The van der Waals surface area contributed by atoms with Crippen LogP contribution in [0.2, 0.25) is 0 Å². The molecule has 6 heteroatoms. The Kier molecular flexibility index (Phi) is 6.37. The molecule has 0 unspecified atom stereocenters. The average molecular weight is 376 g/mol. The molecule has 1 aromatic heterocycles. The van der Waals surface area contributed by atoms with Crippen molar-refractivity contribution in [2.45, 2.75) is 64.6 Å². The summed E-state index contributed by atoms with van der Waals surface area (Å²) in [5.74, 6) is 0.904. The summed E-state index contributed by atoms with van der Waals surface area (Å²) in [6.45, 7) is 8.80. The zero-order valence-electron chi connectivity index (χ0n) is 17.0. The normalized spacial score (nSPS) is 24.2. The van der Waals surface area contributed by atoms with Crippen LogP contribution >= 0.6 is 0 Å². The van der Waals surface area contributed by atoms with E-state index >= 15 is 0 Å². The molecule has 0 bridgehead atoms. The van der Waals surface area contributed by atoms with Gasteiger partial charge in [-0.2, -0.15) is 0 Å². The summed E-state index contributed by atoms with van der Waals surface area (Å²) in [4.78, 5) is 18.8. The Morgan fingerprint density at radius 3 is 2.63 bits per heavy atom. The number of rotatable bonds is 5. The van der Waals surface area contributed by atoms with E-state index in [4.69, 9.17) is 9.47 Å². The van der Waals surface area contributed by atoms with E-state index in [9.17, 15) is 4.79 Å². The molecule has 3 rings (SSSR count). The smallest absolute Gasteiger partial charge is 0.223 e. The van der Waals surface area contributed by atoms with Gasteiger partial charge in [-0.15, -0.1) is 0 Å². The predicted octanol–water partition coefficient (Wildman–Crippen LogP) is 2.94. The molecule has 0 radical (unpaired) electrons. The highest BCUT2D eigenvalue weighted by Gasteiger charge is 2.33. The molecule has 27 heavy (non-hydrogen) atoms. The third kappa shape index (κ3) is 5.42. The number of amides is 1. The van der Waals surface area contributed by atoms with Crippen LogP contribution in [0.1, 0.15) is 58.1 Å². The summed E-state index contributed by atoms with van der Waals surface area (Å²) in [6.07, 6.45) is 5.49. The van der Waals surface area contributed by atoms with Crippen molar-refractivity contribution in [3.63, 3.8) is 0 Å². The van der Waals surface area contributed by atoms with Crippen LogP contribution in [-0.2, 0) is 9.53 Å². The van der Waals surface area contributed by atoms with Gasteiger partial charge in [-0.25, -0.2) is 4.98 Å². The van der Waals surface area contributed by atoms with Crippen LogP contribution < -0.4 is 10.1 Å². The number of nitrogens with zero attached hydrogens (tertiary/aromatic N) is 2. The molecule has 0 spiro atoms. The fraction of sp³-hybridized carbons (Fsp3) is 0.714. The lowest BCUT2D eigenvalue weighted by Crippen LogP contribution is -2.48. The lowest BCUT2D eigenvalue weighted by atomic mass is 9.91. The molecule has 2 fully saturated rings. The number of ether oxygens (including phenoxy) is 2. The maximum absolute atomic E-state index is 12.4. The first-order valence-electron chi connectivity index (χ1n) is 10.0. The van der Waals surface area contributed by atoms with Crippen LogP contribution in [0.5, 0.6) is 5.88 Å². The van der Waals surface area contributed by atoms with Gasteiger partial charge in [-0.3, -0.25) is 4.79 Å². The number of methoxy groups -OCH3 is 1. The quantitative estimate of drug-likeness (QED) is 0.857. The van der Waals surface area contributed by atoms with Crippen LogP contribution in [0.25, 0.3) is 0 Å². The predicted molar refractivity (Wildman–Crippen MR) is 105 cm³/mol. The molecule has 2 aliphatic rings. The highest BCUT2D eigenvalue weighted by atomic mass is 16.5. The molecule has 2 atom stereocenters. The van der Waals surface area contributed by atoms with E-state index < -0.39 is 0 Å². The average Bonchev–Trinajstić information content (AvgIpc) is 3.09. The van der Waals surface area contributed by atoms with Gasteiger partial charge in [0.2, 0.25) is 11.8 Å². The second-order valence-electron chi connectivity index (χ2n) is 8.88. The standard InChI is InChI=1S/C21H33N3O3/c1-21(2,3)13-19(25)24-10-7-16(8-11-24)23-17-9-12-27-20(17)15-5-6-18(26-4)22-14-15/h5-6,14,16-17,20,23H,7-13H2,1-4H3/t17-,20+/m0/s1. The van der Waals surface area contributed by atoms with E-state index in [2.05, 4.69) is 31.1 Å². The third-order valence-corrected chi connectivity index (χ3v) is 5.37. The summed E-state index contributed by atoms with van der Waals surface area (Å²) < 4.78 is 11.1. The Labute approximate surface area is 162 Å². The zero-order chi connectivity index (χ0) is 19.4. The molecule has 2 aliphatic heterocycles. The molecule has 6 nitrogen and oxygen atoms in total. The first-order valence-corrected chi connectivity index (χ1v) is 10.0. The Morgan fingerprint density at radius 2 is 2.04 bits per heavy atom. The van der Waals surface area contributed by atoms with Gasteiger partial charge in [0.15, 0.2) is 0 Å². The van der Waals surface area contributed by atoms with E-state index in [0.29, 0.717) is 24.4 Å². The van der Waals surface area contributed by atoms with Crippen molar-refractivity contribution in [1.82, 2.24) is 15.2 Å². The van der Waals surface area contributed by atoms with Crippen molar-refractivity contribution < 1.29 is 14.3 Å². The molecular formula is C21H33N3O3. The van der Waals surface area contributed by atoms with Gasteiger partial charge in [0.25, 0.3) is 0 Å². The van der Waals surface area contributed by atoms with Gasteiger partial charge in [0.05, 0.1) is 13.2 Å². The molecule has 0 saturated carbocycles. The minimum Gasteiger partial charge on any atom is -0.481 e. The van der Waals surface area contributed by atoms with Crippen LogP contribution in [-0.4, -0.2) is 54.7 Å². The molecular weight excluding hydrogens is 342 g/mol. The van der Waals surface area contributed by atoms with Crippen molar-refractivity contribution in [1.29, 1.82) is 0 Å². The number of nitrogens with one attached hydrogen (secondary N) is 1. The molecule has 0 aliphatic carbocycles. The monoisotopic (exact) mass is 375 g/mol. The summed E-state index contributed by atoms with van der Waals surface area (Å²) in [5.41, 5.74) is 1.14. The van der Waals surface area contributed by atoms with Crippen LogP contribution in [0.15, 0.2) is 18.3 Å². The summed E-state index contributed by atoms with van der Waals surface area (Å²) >= 11 is 0. The SMILES string of the molecule is COc1ccc([C@H]2OCC[C@@H]2NC2CCN(C(=O)CC(C)(C)C)CC2)cn1. The molecule has 0 aromatic carbocycles. The Balaban J connectivity index is 1.51. The first kappa shape index (κ1) is 20.1. The van der Waals surface area contributed by atoms with E-state index in [-0.39, 0.29) is 17.4 Å². The van der Waals surface area contributed by atoms with Crippen LogP contribution in [0.3, 0.4) is 0 Å². The Morgan fingerprint density at radius 1 is 1.30 bits per heavy atom. The van der Waals surface area contributed by atoms with Gasteiger partial charge in [-0.1, -0.05) is 20.8 Å². The number of likely N-dealkylation sites (tertiary alicyclic amines) is 1. The maximum Gasteiger partial charge on any atom is 0.223 e. The molecule has 2 saturated heterocycles. The van der Waals surface area contributed by atoms with E-state index in [1.54, 1.807) is 7.11 Å². The summed E-state index contributed by atoms with van der Waals surface area (Å²) in [7, 11) is 1.62. The fourth-order valence-electron chi connectivity index (χ4n) is 3.93. The highest BCUT2D eigenvalue weighted by molar-refractivity contribution is 5.76. The first-order chi connectivity index (χ1) is 12.9. The van der Waals surface area contributed by atoms with E-state index in [0.717, 1.165) is 44.5 Å². The van der Waals surface area contributed by atoms with Crippen molar-refractivity contribution in [2.24, 2.45) is 5.41 Å². The van der Waals surface area contributed by atoms with Gasteiger partial charge in [-0.05, 0) is 30.7 Å². The number of carbonyl (C=O) groups excluding carboxylic acids is 1. The van der Waals surface area contributed by atoms with Crippen molar-refractivity contribution in [3.05, 3.63) is 23.9 Å². The summed E-state index contributed by atoms with van der Waals surface area (Å²) in [6, 6.07) is 4.64. The number of piperidine rings is 1. The molecule has 1 N–H and O–H groups in total. The molecule has 1 amide bonds. The minimum absolute atomic E-state index is 0.0314. The number of aromatic nitrogens is 1. The van der Waals surface area contributed by atoms with Crippen LogP contribution in [0.4, 0.5) is 0 Å². The van der Waals surface area contributed by atoms with Gasteiger partial charge >= 0.3 is 0 Å².